The first-order valence-corrected chi connectivity index (χ1v) is 7.16. The summed E-state index contributed by atoms with van der Waals surface area (Å²) >= 11 is 0. The molecule has 104 valence electrons. The minimum absolute atomic E-state index is 0.0354. The number of amides is 1. The number of anilines is 2. The largest absolute Gasteiger partial charge is 0.370 e. The van der Waals surface area contributed by atoms with Gasteiger partial charge >= 0.3 is 0 Å². The van der Waals surface area contributed by atoms with Gasteiger partial charge in [0.1, 0.15) is 5.82 Å². The molecule has 19 heavy (non-hydrogen) atoms. The highest BCUT2D eigenvalue weighted by molar-refractivity contribution is 5.89. The Bertz CT molecular complexity index is 408. The molecule has 1 fully saturated rings. The molecule has 0 atom stereocenters. The summed E-state index contributed by atoms with van der Waals surface area (Å²) in [6.07, 6.45) is 6.24. The van der Waals surface area contributed by atoms with Gasteiger partial charge in [0, 0.05) is 19.5 Å². The molecular weight excluding hydrogens is 238 g/mol. The van der Waals surface area contributed by atoms with E-state index in [0.29, 0.717) is 18.2 Å². The highest BCUT2D eigenvalue weighted by Gasteiger charge is 2.11. The Morgan fingerprint density at radius 3 is 2.63 bits per heavy atom. The quantitative estimate of drug-likeness (QED) is 0.906. The minimum atomic E-state index is 0.0354. The number of carbonyl (C=O) groups is 1. The van der Waals surface area contributed by atoms with Gasteiger partial charge in [0.25, 0.3) is 0 Å². The maximum Gasteiger partial charge on any atom is 0.225 e. The van der Waals surface area contributed by atoms with Crippen LogP contribution in [-0.4, -0.2) is 24.0 Å². The molecule has 0 aromatic carbocycles. The Morgan fingerprint density at radius 2 is 2.05 bits per heavy atom. The lowest BCUT2D eigenvalue weighted by molar-refractivity contribution is -0.116. The van der Waals surface area contributed by atoms with Crippen molar-refractivity contribution in [2.75, 3.05) is 23.3 Å². The Labute approximate surface area is 115 Å². The number of nitrogens with zero attached hydrogens (tertiary/aromatic N) is 2. The lowest BCUT2D eigenvalue weighted by Gasteiger charge is -2.28. The SMILES string of the molecule is CC(C)CC(=O)Nc1ccc(N2CCCCC2)cn1. The molecule has 0 spiro atoms. The molecule has 0 unspecified atom stereocenters. The molecule has 2 heterocycles. The van der Waals surface area contributed by atoms with Crippen molar-refractivity contribution in [1.82, 2.24) is 4.98 Å². The molecular formula is C15H23N3O. The van der Waals surface area contributed by atoms with Crippen molar-refractivity contribution >= 4 is 17.4 Å². The molecule has 0 radical (unpaired) electrons. The number of hydrogen-bond donors (Lipinski definition) is 1. The fraction of sp³-hybridized carbons (Fsp3) is 0.600. The summed E-state index contributed by atoms with van der Waals surface area (Å²) in [6.45, 7) is 6.29. The van der Waals surface area contributed by atoms with E-state index >= 15 is 0 Å². The van der Waals surface area contributed by atoms with Crippen LogP contribution in [0.15, 0.2) is 18.3 Å². The highest BCUT2D eigenvalue weighted by Crippen LogP contribution is 2.20. The summed E-state index contributed by atoms with van der Waals surface area (Å²) in [5.74, 6) is 1.05. The molecule has 4 nitrogen and oxygen atoms in total. The third-order valence-electron chi connectivity index (χ3n) is 3.33. The fourth-order valence-corrected chi connectivity index (χ4v) is 2.36. The van der Waals surface area contributed by atoms with Crippen LogP contribution in [0.25, 0.3) is 0 Å². The maximum atomic E-state index is 11.6. The Hall–Kier alpha value is -1.58. The van der Waals surface area contributed by atoms with Crippen molar-refractivity contribution < 1.29 is 4.79 Å². The van der Waals surface area contributed by atoms with Crippen LogP contribution in [0.1, 0.15) is 39.5 Å². The molecule has 4 heteroatoms. The summed E-state index contributed by atoms with van der Waals surface area (Å²) in [7, 11) is 0. The number of carbonyl (C=O) groups excluding carboxylic acids is 1. The van der Waals surface area contributed by atoms with Gasteiger partial charge in [-0.05, 0) is 37.3 Å². The van der Waals surface area contributed by atoms with Gasteiger partial charge in [0.15, 0.2) is 0 Å². The van der Waals surface area contributed by atoms with E-state index in [1.165, 1.54) is 19.3 Å². The van der Waals surface area contributed by atoms with Gasteiger partial charge in [0.05, 0.1) is 11.9 Å². The Balaban J connectivity index is 1.92. The molecule has 1 N–H and O–H groups in total. The first kappa shape index (κ1) is 13.8. The number of pyridine rings is 1. The summed E-state index contributed by atoms with van der Waals surface area (Å²) < 4.78 is 0. The van der Waals surface area contributed by atoms with Crippen LogP contribution in [0.4, 0.5) is 11.5 Å². The van der Waals surface area contributed by atoms with Crippen molar-refractivity contribution in [3.05, 3.63) is 18.3 Å². The number of hydrogen-bond acceptors (Lipinski definition) is 3. The molecule has 1 aliphatic heterocycles. The number of rotatable bonds is 4. The second-order valence-corrected chi connectivity index (χ2v) is 5.60. The van der Waals surface area contributed by atoms with Crippen molar-refractivity contribution in [2.24, 2.45) is 5.92 Å². The van der Waals surface area contributed by atoms with Crippen molar-refractivity contribution in [2.45, 2.75) is 39.5 Å². The van der Waals surface area contributed by atoms with E-state index in [4.69, 9.17) is 0 Å². The molecule has 0 bridgehead atoms. The van der Waals surface area contributed by atoms with E-state index in [1.807, 2.05) is 32.2 Å². The molecule has 0 aliphatic carbocycles. The van der Waals surface area contributed by atoms with Gasteiger partial charge in [-0.3, -0.25) is 4.79 Å². The first-order chi connectivity index (χ1) is 9.15. The maximum absolute atomic E-state index is 11.6. The lowest BCUT2D eigenvalue weighted by atomic mass is 10.1. The van der Waals surface area contributed by atoms with Gasteiger partial charge in [-0.2, -0.15) is 0 Å². The van der Waals surface area contributed by atoms with Crippen molar-refractivity contribution in [1.29, 1.82) is 0 Å². The van der Waals surface area contributed by atoms with Gasteiger partial charge < -0.3 is 10.2 Å². The van der Waals surface area contributed by atoms with E-state index in [2.05, 4.69) is 15.2 Å². The van der Waals surface area contributed by atoms with Crippen LogP contribution in [0.3, 0.4) is 0 Å². The van der Waals surface area contributed by atoms with Crippen LogP contribution in [-0.2, 0) is 4.79 Å². The number of aromatic nitrogens is 1. The smallest absolute Gasteiger partial charge is 0.225 e. The standard InChI is InChI=1S/C15H23N3O/c1-12(2)10-15(19)17-14-7-6-13(11-16-14)18-8-4-3-5-9-18/h6-7,11-12H,3-5,8-10H2,1-2H3,(H,16,17,19). The second-order valence-electron chi connectivity index (χ2n) is 5.60. The van der Waals surface area contributed by atoms with Crippen LogP contribution >= 0.6 is 0 Å². The van der Waals surface area contributed by atoms with Crippen LogP contribution in [0.5, 0.6) is 0 Å². The van der Waals surface area contributed by atoms with Crippen molar-refractivity contribution in [3.8, 4) is 0 Å². The Morgan fingerprint density at radius 1 is 1.32 bits per heavy atom. The summed E-state index contributed by atoms with van der Waals surface area (Å²) in [5, 5.41) is 2.83. The average Bonchev–Trinajstić information content (AvgIpc) is 2.39. The van der Waals surface area contributed by atoms with Gasteiger partial charge in [0.2, 0.25) is 5.91 Å². The molecule has 1 saturated heterocycles. The van der Waals surface area contributed by atoms with E-state index in [1.54, 1.807) is 0 Å². The zero-order valence-electron chi connectivity index (χ0n) is 11.9. The summed E-state index contributed by atoms with van der Waals surface area (Å²) in [6, 6.07) is 3.94. The Kier molecular flexibility index (Phi) is 4.77. The summed E-state index contributed by atoms with van der Waals surface area (Å²) in [5.41, 5.74) is 1.15. The van der Waals surface area contributed by atoms with Crippen LogP contribution < -0.4 is 10.2 Å². The third kappa shape index (κ3) is 4.23. The predicted octanol–water partition coefficient (Wildman–Crippen LogP) is 3.06. The van der Waals surface area contributed by atoms with Gasteiger partial charge in [-0.1, -0.05) is 13.8 Å². The van der Waals surface area contributed by atoms with E-state index in [-0.39, 0.29) is 5.91 Å². The fourth-order valence-electron chi connectivity index (χ4n) is 2.36. The first-order valence-electron chi connectivity index (χ1n) is 7.16. The second kappa shape index (κ2) is 6.55. The predicted molar refractivity (Wildman–Crippen MR) is 78.4 cm³/mol. The molecule has 1 amide bonds. The monoisotopic (exact) mass is 261 g/mol. The normalized spacial score (nSPS) is 15.6. The molecule has 0 saturated carbocycles. The molecule has 1 aromatic heterocycles. The zero-order valence-corrected chi connectivity index (χ0v) is 11.9. The average molecular weight is 261 g/mol. The van der Waals surface area contributed by atoms with Crippen LogP contribution in [0.2, 0.25) is 0 Å². The van der Waals surface area contributed by atoms with Crippen LogP contribution in [0, 0.1) is 5.92 Å². The minimum Gasteiger partial charge on any atom is -0.370 e. The third-order valence-corrected chi connectivity index (χ3v) is 3.33. The van der Waals surface area contributed by atoms with E-state index in [0.717, 1.165) is 18.8 Å². The number of piperidine rings is 1. The molecule has 1 aliphatic rings. The highest BCUT2D eigenvalue weighted by atomic mass is 16.1. The van der Waals surface area contributed by atoms with Gasteiger partial charge in [-0.15, -0.1) is 0 Å². The van der Waals surface area contributed by atoms with E-state index < -0.39 is 0 Å². The molecule has 2 rings (SSSR count). The lowest BCUT2D eigenvalue weighted by Crippen LogP contribution is -2.29. The topological polar surface area (TPSA) is 45.2 Å². The zero-order chi connectivity index (χ0) is 13.7. The van der Waals surface area contributed by atoms with Crippen molar-refractivity contribution in [3.63, 3.8) is 0 Å². The summed E-state index contributed by atoms with van der Waals surface area (Å²) in [4.78, 5) is 18.3. The number of nitrogens with one attached hydrogen (secondary N) is 1. The van der Waals surface area contributed by atoms with Gasteiger partial charge in [-0.25, -0.2) is 4.98 Å². The van der Waals surface area contributed by atoms with E-state index in [9.17, 15) is 4.79 Å². The molecule has 1 aromatic rings.